The third-order valence-corrected chi connectivity index (χ3v) is 4.10. The van der Waals surface area contributed by atoms with Crippen molar-refractivity contribution in [1.82, 2.24) is 4.90 Å². The summed E-state index contributed by atoms with van der Waals surface area (Å²) in [6.45, 7) is 0.844. The Morgan fingerprint density at radius 1 is 0.708 bits per heavy atom. The van der Waals surface area contributed by atoms with Crippen LogP contribution in [0.4, 0.5) is 0 Å². The van der Waals surface area contributed by atoms with Gasteiger partial charge in [0.05, 0.1) is 6.54 Å². The van der Waals surface area contributed by atoms with Gasteiger partial charge in [-0.2, -0.15) is 0 Å². The lowest BCUT2D eigenvalue weighted by Crippen LogP contribution is -2.09. The minimum atomic E-state index is 0.844. The summed E-state index contributed by atoms with van der Waals surface area (Å²) >= 11 is 0. The van der Waals surface area contributed by atoms with Crippen molar-refractivity contribution >= 4 is 0 Å². The molecule has 0 bridgehead atoms. The zero-order valence-corrected chi connectivity index (χ0v) is 14.5. The standard InChI is InChI=1S/C22H25NO/c1-23(2)17-22-14-13-21(24-22)16-20-10-6-9-19(15-20)12-11-18-7-4-3-5-8-18/h3-10,13-15H,11-12,16-17H2,1-2H3. The molecule has 3 rings (SSSR count). The van der Waals surface area contributed by atoms with Crippen molar-refractivity contribution in [2.24, 2.45) is 0 Å². The first-order chi connectivity index (χ1) is 11.7. The van der Waals surface area contributed by atoms with Gasteiger partial charge in [-0.05, 0) is 55.8 Å². The number of rotatable bonds is 7. The van der Waals surface area contributed by atoms with Gasteiger partial charge in [-0.25, -0.2) is 0 Å². The Bertz CT molecular complexity index is 758. The quantitative estimate of drug-likeness (QED) is 0.626. The topological polar surface area (TPSA) is 16.4 Å². The molecule has 0 saturated carbocycles. The van der Waals surface area contributed by atoms with Crippen molar-refractivity contribution in [3.8, 4) is 0 Å². The number of hydrogen-bond donors (Lipinski definition) is 0. The second-order valence-electron chi connectivity index (χ2n) is 6.59. The molecule has 1 heterocycles. The van der Waals surface area contributed by atoms with Crippen molar-refractivity contribution < 1.29 is 4.42 Å². The predicted molar refractivity (Wildman–Crippen MR) is 99.2 cm³/mol. The third-order valence-electron chi connectivity index (χ3n) is 4.10. The molecule has 0 saturated heterocycles. The number of aryl methyl sites for hydroxylation is 2. The molecule has 0 spiro atoms. The van der Waals surface area contributed by atoms with Gasteiger partial charge in [0.15, 0.2) is 0 Å². The van der Waals surface area contributed by atoms with Crippen LogP contribution in [0, 0.1) is 0 Å². The molecule has 24 heavy (non-hydrogen) atoms. The minimum absolute atomic E-state index is 0.844. The number of furan rings is 1. The van der Waals surface area contributed by atoms with Crippen LogP contribution in [0.3, 0.4) is 0 Å². The van der Waals surface area contributed by atoms with E-state index in [1.165, 1.54) is 16.7 Å². The van der Waals surface area contributed by atoms with Crippen molar-refractivity contribution in [1.29, 1.82) is 0 Å². The molecule has 2 heteroatoms. The van der Waals surface area contributed by atoms with E-state index < -0.39 is 0 Å². The zero-order chi connectivity index (χ0) is 16.8. The van der Waals surface area contributed by atoms with E-state index in [4.69, 9.17) is 4.42 Å². The fourth-order valence-corrected chi connectivity index (χ4v) is 2.94. The van der Waals surface area contributed by atoms with E-state index in [-0.39, 0.29) is 0 Å². The first-order valence-corrected chi connectivity index (χ1v) is 8.53. The van der Waals surface area contributed by atoms with Crippen molar-refractivity contribution in [2.75, 3.05) is 14.1 Å². The predicted octanol–water partition coefficient (Wildman–Crippen LogP) is 4.72. The molecule has 2 nitrogen and oxygen atoms in total. The number of benzene rings is 2. The van der Waals surface area contributed by atoms with Crippen LogP contribution < -0.4 is 0 Å². The first kappa shape index (κ1) is 16.5. The highest BCUT2D eigenvalue weighted by atomic mass is 16.3. The molecule has 124 valence electrons. The van der Waals surface area contributed by atoms with Gasteiger partial charge in [-0.15, -0.1) is 0 Å². The third kappa shape index (κ3) is 4.84. The molecule has 0 atom stereocenters. The highest BCUT2D eigenvalue weighted by Gasteiger charge is 2.05. The molecule has 0 amide bonds. The number of nitrogens with zero attached hydrogens (tertiary/aromatic N) is 1. The molecule has 0 unspecified atom stereocenters. The Kier molecular flexibility index (Phi) is 5.50. The molecular formula is C22H25NO. The van der Waals surface area contributed by atoms with Crippen LogP contribution in [0.1, 0.15) is 28.2 Å². The molecule has 3 aromatic rings. The Morgan fingerprint density at radius 2 is 1.38 bits per heavy atom. The van der Waals surface area contributed by atoms with Gasteiger partial charge >= 0.3 is 0 Å². The van der Waals surface area contributed by atoms with Gasteiger partial charge in [0.25, 0.3) is 0 Å². The zero-order valence-electron chi connectivity index (χ0n) is 14.5. The van der Waals surface area contributed by atoms with Crippen molar-refractivity contribution in [2.45, 2.75) is 25.8 Å². The lowest BCUT2D eigenvalue weighted by atomic mass is 10.0. The summed E-state index contributed by atoms with van der Waals surface area (Å²) in [5, 5.41) is 0. The van der Waals surface area contributed by atoms with Gasteiger partial charge in [-0.1, -0.05) is 54.6 Å². The maximum absolute atomic E-state index is 5.93. The normalized spacial score (nSPS) is 11.1. The van der Waals surface area contributed by atoms with Crippen LogP contribution in [0.5, 0.6) is 0 Å². The summed E-state index contributed by atoms with van der Waals surface area (Å²) in [5.74, 6) is 2.06. The Morgan fingerprint density at radius 3 is 2.17 bits per heavy atom. The van der Waals surface area contributed by atoms with Gasteiger partial charge < -0.3 is 9.32 Å². The van der Waals surface area contributed by atoms with Crippen molar-refractivity contribution in [3.05, 3.63) is 94.9 Å². The monoisotopic (exact) mass is 319 g/mol. The largest absolute Gasteiger partial charge is 0.464 e. The van der Waals surface area contributed by atoms with E-state index >= 15 is 0 Å². The highest BCUT2D eigenvalue weighted by Crippen LogP contribution is 2.16. The fraction of sp³-hybridized carbons (Fsp3) is 0.273. The molecule has 0 aliphatic heterocycles. The average molecular weight is 319 g/mol. The maximum atomic E-state index is 5.93. The van der Waals surface area contributed by atoms with E-state index in [9.17, 15) is 0 Å². The maximum Gasteiger partial charge on any atom is 0.118 e. The lowest BCUT2D eigenvalue weighted by molar-refractivity contribution is 0.343. The Balaban J connectivity index is 1.61. The first-order valence-electron chi connectivity index (χ1n) is 8.53. The molecule has 1 aromatic heterocycles. The molecular weight excluding hydrogens is 294 g/mol. The molecule has 0 aliphatic rings. The van der Waals surface area contributed by atoms with E-state index in [0.29, 0.717) is 0 Å². The summed E-state index contributed by atoms with van der Waals surface area (Å²) in [7, 11) is 4.11. The molecule has 0 fully saturated rings. The van der Waals surface area contributed by atoms with Crippen LogP contribution in [0.2, 0.25) is 0 Å². The van der Waals surface area contributed by atoms with Gasteiger partial charge in [0, 0.05) is 6.42 Å². The highest BCUT2D eigenvalue weighted by molar-refractivity contribution is 5.28. The lowest BCUT2D eigenvalue weighted by Gasteiger charge is -2.06. The van der Waals surface area contributed by atoms with E-state index in [1.807, 2.05) is 0 Å². The van der Waals surface area contributed by atoms with Gasteiger partial charge in [0.2, 0.25) is 0 Å². The molecule has 0 N–H and O–H groups in total. The summed E-state index contributed by atoms with van der Waals surface area (Å²) < 4.78 is 5.93. The van der Waals surface area contributed by atoms with Crippen LogP contribution >= 0.6 is 0 Å². The SMILES string of the molecule is CN(C)Cc1ccc(Cc2cccc(CCc3ccccc3)c2)o1. The molecule has 0 radical (unpaired) electrons. The van der Waals surface area contributed by atoms with Crippen LogP contribution in [-0.4, -0.2) is 19.0 Å². The van der Waals surface area contributed by atoms with E-state index in [2.05, 4.69) is 85.7 Å². The minimum Gasteiger partial charge on any atom is -0.464 e. The summed E-state index contributed by atoms with van der Waals surface area (Å²) in [5.41, 5.74) is 4.09. The average Bonchev–Trinajstić information content (AvgIpc) is 3.00. The summed E-state index contributed by atoms with van der Waals surface area (Å²) in [4.78, 5) is 2.12. The van der Waals surface area contributed by atoms with Crippen LogP contribution in [-0.2, 0) is 25.8 Å². The Labute approximate surface area is 144 Å². The second-order valence-corrected chi connectivity index (χ2v) is 6.59. The smallest absolute Gasteiger partial charge is 0.118 e. The Hall–Kier alpha value is -2.32. The number of hydrogen-bond acceptors (Lipinski definition) is 2. The van der Waals surface area contributed by atoms with Crippen molar-refractivity contribution in [3.63, 3.8) is 0 Å². The van der Waals surface area contributed by atoms with Gasteiger partial charge in [0.1, 0.15) is 11.5 Å². The van der Waals surface area contributed by atoms with Crippen LogP contribution in [0.15, 0.2) is 71.1 Å². The van der Waals surface area contributed by atoms with Gasteiger partial charge in [-0.3, -0.25) is 0 Å². The van der Waals surface area contributed by atoms with Crippen LogP contribution in [0.25, 0.3) is 0 Å². The van der Waals surface area contributed by atoms with E-state index in [0.717, 1.165) is 37.3 Å². The summed E-state index contributed by atoms with van der Waals surface area (Å²) in [6.07, 6.45) is 3.01. The fourth-order valence-electron chi connectivity index (χ4n) is 2.94. The second kappa shape index (κ2) is 7.98. The van der Waals surface area contributed by atoms with E-state index in [1.54, 1.807) is 0 Å². The molecule has 0 aliphatic carbocycles. The molecule has 2 aromatic carbocycles. The summed E-state index contributed by atoms with van der Waals surface area (Å²) in [6, 6.07) is 23.7.